The Kier molecular flexibility index (Phi) is 7.94. The lowest BCUT2D eigenvalue weighted by Gasteiger charge is -2.28. The van der Waals surface area contributed by atoms with Crippen LogP contribution in [0.15, 0.2) is 54.1 Å². The molecule has 1 saturated heterocycles. The summed E-state index contributed by atoms with van der Waals surface area (Å²) in [7, 11) is 0. The molecule has 32 heavy (non-hydrogen) atoms. The molecule has 2 aromatic carbocycles. The van der Waals surface area contributed by atoms with E-state index in [1.165, 1.54) is 0 Å². The van der Waals surface area contributed by atoms with E-state index in [0.29, 0.717) is 36.0 Å². The molecule has 0 spiro atoms. The molecule has 0 aliphatic carbocycles. The lowest BCUT2D eigenvalue weighted by atomic mass is 9.95. The smallest absolute Gasteiger partial charge is 0.295 e. The summed E-state index contributed by atoms with van der Waals surface area (Å²) >= 11 is 6.06. The van der Waals surface area contributed by atoms with Gasteiger partial charge in [0.2, 0.25) is 0 Å². The number of carbonyl (C=O) groups is 2. The summed E-state index contributed by atoms with van der Waals surface area (Å²) in [5, 5.41) is 11.7. The second-order valence-corrected chi connectivity index (χ2v) is 7.97. The fraction of sp³-hybridized carbons (Fsp3) is 0.360. The van der Waals surface area contributed by atoms with Crippen LogP contribution in [-0.2, 0) is 9.59 Å². The fourth-order valence-corrected chi connectivity index (χ4v) is 4.07. The van der Waals surface area contributed by atoms with E-state index in [1.54, 1.807) is 53.4 Å². The number of carbonyl (C=O) groups excluding carboxylic acids is 2. The van der Waals surface area contributed by atoms with Gasteiger partial charge in [0, 0.05) is 23.7 Å². The number of aliphatic hydroxyl groups excluding tert-OH is 1. The predicted octanol–water partition coefficient (Wildman–Crippen LogP) is 4.50. The van der Waals surface area contributed by atoms with Gasteiger partial charge in [0.1, 0.15) is 11.5 Å². The van der Waals surface area contributed by atoms with E-state index in [1.807, 2.05) is 6.92 Å². The highest BCUT2D eigenvalue weighted by molar-refractivity contribution is 6.46. The van der Waals surface area contributed by atoms with Crippen LogP contribution in [0.3, 0.4) is 0 Å². The third-order valence-corrected chi connectivity index (χ3v) is 5.95. The molecular formula is C25H29ClN2O4. The van der Waals surface area contributed by atoms with E-state index in [2.05, 4.69) is 18.7 Å². The quantitative estimate of drug-likeness (QED) is 0.341. The van der Waals surface area contributed by atoms with Gasteiger partial charge >= 0.3 is 0 Å². The maximum absolute atomic E-state index is 13.1. The van der Waals surface area contributed by atoms with Crippen molar-refractivity contribution in [1.82, 2.24) is 9.80 Å². The average Bonchev–Trinajstić information content (AvgIpc) is 3.05. The third-order valence-electron chi connectivity index (χ3n) is 5.70. The van der Waals surface area contributed by atoms with Crippen LogP contribution in [0.25, 0.3) is 5.76 Å². The van der Waals surface area contributed by atoms with Gasteiger partial charge in [-0.3, -0.25) is 9.59 Å². The van der Waals surface area contributed by atoms with Crippen LogP contribution in [0.2, 0.25) is 5.02 Å². The number of rotatable bonds is 9. The van der Waals surface area contributed by atoms with Crippen LogP contribution < -0.4 is 4.74 Å². The van der Waals surface area contributed by atoms with Gasteiger partial charge in [0.05, 0.1) is 18.2 Å². The number of ether oxygens (including phenoxy) is 1. The molecule has 0 radical (unpaired) electrons. The molecule has 2 aromatic rings. The van der Waals surface area contributed by atoms with Gasteiger partial charge in [-0.15, -0.1) is 0 Å². The molecule has 0 bridgehead atoms. The van der Waals surface area contributed by atoms with Crippen molar-refractivity contribution in [2.75, 3.05) is 32.8 Å². The monoisotopic (exact) mass is 456 g/mol. The molecule has 1 fully saturated rings. The summed E-state index contributed by atoms with van der Waals surface area (Å²) in [6.45, 7) is 9.14. The zero-order chi connectivity index (χ0) is 23.3. The van der Waals surface area contributed by atoms with Crippen molar-refractivity contribution >= 4 is 29.1 Å². The van der Waals surface area contributed by atoms with E-state index in [-0.39, 0.29) is 11.3 Å². The second kappa shape index (κ2) is 10.7. The number of hydrogen-bond donors (Lipinski definition) is 1. The summed E-state index contributed by atoms with van der Waals surface area (Å²) in [4.78, 5) is 29.8. The standard InChI is InChI=1S/C25H29ClN2O4/c1-4-27(5-2)14-15-28-22(17-10-12-19(26)13-11-17)21(24(30)25(28)31)23(29)18-8-7-9-20(16-18)32-6-3/h7-13,16,22,29H,4-6,14-15H2,1-3H3/b23-21+. The Labute approximate surface area is 194 Å². The Hall–Kier alpha value is -2.83. The number of hydrogen-bond acceptors (Lipinski definition) is 5. The highest BCUT2D eigenvalue weighted by Gasteiger charge is 2.45. The average molecular weight is 457 g/mol. The predicted molar refractivity (Wildman–Crippen MR) is 126 cm³/mol. The number of benzene rings is 2. The van der Waals surface area contributed by atoms with Crippen LogP contribution in [0, 0.1) is 0 Å². The van der Waals surface area contributed by atoms with Gasteiger partial charge in [-0.2, -0.15) is 0 Å². The van der Waals surface area contributed by atoms with Crippen molar-refractivity contribution in [2.24, 2.45) is 0 Å². The number of Topliss-reactive ketones (excluding diaryl/α,β-unsaturated/α-hetero) is 1. The van der Waals surface area contributed by atoms with E-state index >= 15 is 0 Å². The van der Waals surface area contributed by atoms with Gasteiger partial charge in [-0.1, -0.05) is 49.7 Å². The number of halogens is 1. The lowest BCUT2D eigenvalue weighted by Crippen LogP contribution is -2.38. The molecule has 1 amide bonds. The fourth-order valence-electron chi connectivity index (χ4n) is 3.95. The van der Waals surface area contributed by atoms with Crippen molar-refractivity contribution < 1.29 is 19.4 Å². The van der Waals surface area contributed by atoms with Gasteiger partial charge in [0.25, 0.3) is 11.7 Å². The Balaban J connectivity index is 2.08. The lowest BCUT2D eigenvalue weighted by molar-refractivity contribution is -0.140. The Bertz CT molecular complexity index is 999. The summed E-state index contributed by atoms with van der Waals surface area (Å²) in [6.07, 6.45) is 0. The van der Waals surface area contributed by atoms with Crippen LogP contribution in [0.4, 0.5) is 0 Å². The number of nitrogens with zero attached hydrogens (tertiary/aromatic N) is 2. The maximum atomic E-state index is 13.1. The summed E-state index contributed by atoms with van der Waals surface area (Å²) in [6, 6.07) is 13.2. The summed E-state index contributed by atoms with van der Waals surface area (Å²) in [5.41, 5.74) is 1.22. The van der Waals surface area contributed by atoms with Crippen LogP contribution in [-0.4, -0.2) is 59.4 Å². The van der Waals surface area contributed by atoms with Crippen molar-refractivity contribution in [2.45, 2.75) is 26.8 Å². The summed E-state index contributed by atoms with van der Waals surface area (Å²) < 4.78 is 5.53. The van der Waals surface area contributed by atoms with Crippen molar-refractivity contribution in [3.8, 4) is 5.75 Å². The Morgan fingerprint density at radius 2 is 1.78 bits per heavy atom. The molecule has 1 unspecified atom stereocenters. The molecule has 3 rings (SSSR count). The van der Waals surface area contributed by atoms with Crippen LogP contribution >= 0.6 is 11.6 Å². The molecule has 0 saturated carbocycles. The van der Waals surface area contributed by atoms with Crippen molar-refractivity contribution in [3.63, 3.8) is 0 Å². The zero-order valence-corrected chi connectivity index (χ0v) is 19.4. The number of likely N-dealkylation sites (tertiary alicyclic amines) is 1. The molecule has 6 nitrogen and oxygen atoms in total. The van der Waals surface area contributed by atoms with Gasteiger partial charge in [-0.05, 0) is 49.8 Å². The molecule has 1 N–H and O–H groups in total. The number of ketones is 1. The Morgan fingerprint density at radius 3 is 2.41 bits per heavy atom. The molecule has 1 heterocycles. The third kappa shape index (κ3) is 4.97. The normalized spacial score (nSPS) is 17.9. The first kappa shape index (κ1) is 23.8. The van der Waals surface area contributed by atoms with Gasteiger partial charge in [0.15, 0.2) is 0 Å². The first-order valence-corrected chi connectivity index (χ1v) is 11.3. The van der Waals surface area contributed by atoms with E-state index in [0.717, 1.165) is 18.7 Å². The molecule has 1 aliphatic rings. The highest BCUT2D eigenvalue weighted by Crippen LogP contribution is 2.39. The SMILES string of the molecule is CCOc1cccc(/C(O)=C2\C(=O)C(=O)N(CCN(CC)CC)C2c2ccc(Cl)cc2)c1. The van der Waals surface area contributed by atoms with Crippen molar-refractivity contribution in [1.29, 1.82) is 0 Å². The van der Waals surface area contributed by atoms with Crippen LogP contribution in [0.1, 0.15) is 37.9 Å². The van der Waals surface area contributed by atoms with Crippen LogP contribution in [0.5, 0.6) is 5.75 Å². The largest absolute Gasteiger partial charge is 0.507 e. The van der Waals surface area contributed by atoms with Gasteiger partial charge in [-0.25, -0.2) is 0 Å². The molecule has 0 aromatic heterocycles. The highest BCUT2D eigenvalue weighted by atomic mass is 35.5. The molecule has 1 aliphatic heterocycles. The minimum atomic E-state index is -0.696. The minimum Gasteiger partial charge on any atom is -0.507 e. The number of likely N-dealkylation sites (N-methyl/N-ethyl adjacent to an activating group) is 1. The first-order valence-electron chi connectivity index (χ1n) is 10.9. The van der Waals surface area contributed by atoms with Crippen molar-refractivity contribution in [3.05, 3.63) is 70.3 Å². The number of aliphatic hydroxyl groups is 1. The number of amides is 1. The molecule has 7 heteroatoms. The van der Waals surface area contributed by atoms with E-state index in [9.17, 15) is 14.7 Å². The minimum absolute atomic E-state index is 0.0746. The maximum Gasteiger partial charge on any atom is 0.295 e. The second-order valence-electron chi connectivity index (χ2n) is 7.53. The zero-order valence-electron chi connectivity index (χ0n) is 18.7. The first-order chi connectivity index (χ1) is 15.4. The molecule has 1 atom stereocenters. The Morgan fingerprint density at radius 1 is 1.09 bits per heavy atom. The topological polar surface area (TPSA) is 70.1 Å². The summed E-state index contributed by atoms with van der Waals surface area (Å²) in [5.74, 6) is -0.936. The van der Waals surface area contributed by atoms with E-state index in [4.69, 9.17) is 16.3 Å². The van der Waals surface area contributed by atoms with Gasteiger partial charge < -0.3 is 19.6 Å². The molecular weight excluding hydrogens is 428 g/mol. The molecule has 170 valence electrons. The van der Waals surface area contributed by atoms with E-state index < -0.39 is 17.7 Å².